The second kappa shape index (κ2) is 54.3. The summed E-state index contributed by atoms with van der Waals surface area (Å²) in [6.07, 6.45) is 41.6. The van der Waals surface area contributed by atoms with Crippen molar-refractivity contribution in [3.8, 4) is 0 Å². The lowest BCUT2D eigenvalue weighted by molar-refractivity contribution is -0.379. The molecule has 1 amide bonds. The minimum atomic E-state index is -1.99. The predicted octanol–water partition coefficient (Wildman–Crippen LogP) is 10.1. The van der Waals surface area contributed by atoms with Gasteiger partial charge in [0.2, 0.25) is 5.91 Å². The molecule has 0 bridgehead atoms. The van der Waals surface area contributed by atoms with Crippen LogP contribution >= 0.6 is 0 Å². The van der Waals surface area contributed by atoms with Crippen molar-refractivity contribution in [3.05, 3.63) is 72.9 Å². The topological polar surface area (TPSA) is 307 Å². The van der Waals surface area contributed by atoms with Gasteiger partial charge in [0.05, 0.1) is 38.6 Å². The Morgan fingerprint density at radius 3 is 1.16 bits per heavy atom. The number of hydrogen-bond acceptors (Lipinski definition) is 18. The fourth-order valence-electron chi connectivity index (χ4n) is 11.8. The van der Waals surface area contributed by atoms with Gasteiger partial charge in [-0.15, -0.1) is 0 Å². The van der Waals surface area contributed by atoms with E-state index < -0.39 is 124 Å². The molecule has 3 fully saturated rings. The third-order valence-corrected chi connectivity index (χ3v) is 17.7. The van der Waals surface area contributed by atoms with Crippen LogP contribution in [0.25, 0.3) is 0 Å². The second-order valence-corrected chi connectivity index (χ2v) is 25.7. The first-order chi connectivity index (χ1) is 44.8. The maximum absolute atomic E-state index is 13.4. The average Bonchev–Trinajstić information content (AvgIpc) is 0.838. The first kappa shape index (κ1) is 83.5. The van der Waals surface area contributed by atoms with Crippen LogP contribution in [-0.4, -0.2) is 193 Å². The van der Waals surface area contributed by atoms with Crippen LogP contribution in [0, 0.1) is 0 Å². The number of nitrogens with one attached hydrogen (secondary N) is 1. The summed E-state index contributed by atoms with van der Waals surface area (Å²) in [4.78, 5) is 13.4. The van der Waals surface area contributed by atoms with Gasteiger partial charge in [-0.05, 0) is 83.5 Å². The van der Waals surface area contributed by atoms with Gasteiger partial charge in [-0.1, -0.05) is 234 Å². The second-order valence-electron chi connectivity index (χ2n) is 25.7. The van der Waals surface area contributed by atoms with Crippen molar-refractivity contribution in [3.63, 3.8) is 0 Å². The van der Waals surface area contributed by atoms with E-state index in [0.29, 0.717) is 12.8 Å². The van der Waals surface area contributed by atoms with Gasteiger partial charge in [-0.3, -0.25) is 4.79 Å². The Bertz CT molecular complexity index is 1950. The lowest BCUT2D eigenvalue weighted by Gasteiger charge is -2.48. The maximum atomic E-state index is 13.4. The molecule has 12 N–H and O–H groups in total. The third kappa shape index (κ3) is 35.5. The summed E-state index contributed by atoms with van der Waals surface area (Å²) in [6, 6.07) is -1.01. The van der Waals surface area contributed by atoms with Gasteiger partial charge in [0.1, 0.15) is 73.2 Å². The molecule has 3 aliphatic rings. The van der Waals surface area contributed by atoms with Crippen LogP contribution in [-0.2, 0) is 33.2 Å². The first-order valence-corrected chi connectivity index (χ1v) is 36.2. The van der Waals surface area contributed by atoms with Gasteiger partial charge in [-0.2, -0.15) is 0 Å². The Morgan fingerprint density at radius 2 is 0.728 bits per heavy atom. The van der Waals surface area contributed by atoms with Gasteiger partial charge >= 0.3 is 0 Å². The molecule has 3 saturated heterocycles. The SMILES string of the molecule is CCCCCCC/C=C\C/C=C\C/C=C\CCCCCCCCC(=O)NC(COC1OC(CO)C(OC2OC(CO)C(OC3OC(CO)C(O)C(O)C3O)C(O)C2O)C(O)C1O)C(O)/C=C/CC/C=C/CC/C=C/CCCCCCCCCCCCCCCCCC. The van der Waals surface area contributed by atoms with E-state index in [1.165, 1.54) is 141 Å². The lowest BCUT2D eigenvalue weighted by Crippen LogP contribution is -2.66. The minimum Gasteiger partial charge on any atom is -0.394 e. The zero-order valence-corrected chi connectivity index (χ0v) is 56.5. The standard InChI is InChI=1S/C73H129NO18/c1-3-5-7-9-11-13-15-17-19-21-23-25-26-27-28-29-31-32-34-36-38-40-42-44-46-48-50-57(78)56(74-61(79)51-49-47-45-43-41-39-37-35-33-30-24-22-20-18-16-14-12-10-8-6-4-2)55-87-71-67(85)64(82)69(59(53-76)89-71)92-73-68(86)65(83)70(60(54-77)90-73)91-72-66(84)63(81)62(80)58(52-75)88-72/h16,18,22,24,32-35,40,42,48,50,56-60,62-73,75-78,80-86H,3-15,17,19-21,23,25-31,36-39,41,43-47,49,51-55H2,1-2H3,(H,74,79)/b18-16-,24-22-,34-32+,35-33-,42-40+,50-48+. The number of carbonyl (C=O) groups is 1. The smallest absolute Gasteiger partial charge is 0.220 e. The summed E-state index contributed by atoms with van der Waals surface area (Å²) in [7, 11) is 0. The van der Waals surface area contributed by atoms with Gasteiger partial charge in [0.15, 0.2) is 18.9 Å². The molecule has 19 nitrogen and oxygen atoms in total. The summed E-state index contributed by atoms with van der Waals surface area (Å²) in [6.45, 7) is 1.70. The summed E-state index contributed by atoms with van der Waals surface area (Å²) in [5.41, 5.74) is 0. The number of hydrogen-bond donors (Lipinski definition) is 12. The molecule has 0 aromatic carbocycles. The lowest BCUT2D eigenvalue weighted by atomic mass is 9.96. The van der Waals surface area contributed by atoms with Gasteiger partial charge in [0, 0.05) is 6.42 Å². The number of ether oxygens (including phenoxy) is 6. The molecular formula is C73H129NO18. The fourth-order valence-corrected chi connectivity index (χ4v) is 11.8. The molecule has 0 aromatic rings. The molecule has 0 aromatic heterocycles. The zero-order valence-electron chi connectivity index (χ0n) is 56.5. The minimum absolute atomic E-state index is 0.214. The van der Waals surface area contributed by atoms with Crippen molar-refractivity contribution in [2.45, 2.75) is 356 Å². The Labute approximate surface area is 553 Å². The van der Waals surface area contributed by atoms with Crippen LogP contribution in [0.2, 0.25) is 0 Å². The highest BCUT2D eigenvalue weighted by Gasteiger charge is 2.53. The van der Waals surface area contributed by atoms with E-state index >= 15 is 0 Å². The normalized spacial score (nSPS) is 28.1. The number of allylic oxidation sites excluding steroid dienone is 11. The zero-order chi connectivity index (χ0) is 66.8. The molecule has 17 atom stereocenters. The van der Waals surface area contributed by atoms with Crippen LogP contribution in [0.15, 0.2) is 72.9 Å². The Kier molecular flexibility index (Phi) is 49.2. The van der Waals surface area contributed by atoms with Crippen LogP contribution in [0.4, 0.5) is 0 Å². The van der Waals surface area contributed by atoms with E-state index in [-0.39, 0.29) is 18.9 Å². The van der Waals surface area contributed by atoms with Crippen molar-refractivity contribution in [1.29, 1.82) is 0 Å². The van der Waals surface area contributed by atoms with Crippen molar-refractivity contribution < 1.29 is 89.4 Å². The van der Waals surface area contributed by atoms with Crippen LogP contribution in [0.3, 0.4) is 0 Å². The van der Waals surface area contributed by atoms with Crippen molar-refractivity contribution in [2.75, 3.05) is 26.4 Å². The van der Waals surface area contributed by atoms with E-state index in [4.69, 9.17) is 28.4 Å². The molecule has 3 aliphatic heterocycles. The van der Waals surface area contributed by atoms with E-state index in [1.807, 2.05) is 6.08 Å². The predicted molar refractivity (Wildman–Crippen MR) is 360 cm³/mol. The highest BCUT2D eigenvalue weighted by molar-refractivity contribution is 5.76. The van der Waals surface area contributed by atoms with E-state index in [2.05, 4.69) is 79.9 Å². The summed E-state index contributed by atoms with van der Waals surface area (Å²) in [5.74, 6) is -0.303. The quantitative estimate of drug-likeness (QED) is 0.0199. The highest BCUT2D eigenvalue weighted by Crippen LogP contribution is 2.33. The van der Waals surface area contributed by atoms with E-state index in [9.17, 15) is 61.0 Å². The molecular weight excluding hydrogens is 1180 g/mol. The Balaban J connectivity index is 1.46. The van der Waals surface area contributed by atoms with E-state index in [1.54, 1.807) is 6.08 Å². The Morgan fingerprint density at radius 1 is 0.391 bits per heavy atom. The molecule has 92 heavy (non-hydrogen) atoms. The molecule has 0 saturated carbocycles. The number of carbonyl (C=O) groups excluding carboxylic acids is 1. The average molecular weight is 1310 g/mol. The maximum Gasteiger partial charge on any atom is 0.220 e. The van der Waals surface area contributed by atoms with Gasteiger partial charge in [-0.25, -0.2) is 0 Å². The van der Waals surface area contributed by atoms with Gasteiger partial charge < -0.3 is 89.9 Å². The number of unbranched alkanes of at least 4 members (excludes halogenated alkanes) is 29. The number of amides is 1. The number of rotatable bonds is 55. The summed E-state index contributed by atoms with van der Waals surface area (Å²) in [5, 5.41) is 121. The first-order valence-electron chi connectivity index (χ1n) is 36.2. The van der Waals surface area contributed by atoms with Crippen LogP contribution in [0.1, 0.15) is 251 Å². The molecule has 19 heteroatoms. The molecule has 0 aliphatic carbocycles. The molecule has 534 valence electrons. The highest BCUT2D eigenvalue weighted by atomic mass is 16.8. The molecule has 3 heterocycles. The number of aliphatic hydroxyl groups is 11. The van der Waals surface area contributed by atoms with Crippen molar-refractivity contribution >= 4 is 5.91 Å². The molecule has 0 radical (unpaired) electrons. The molecule has 3 rings (SSSR count). The number of aliphatic hydroxyl groups excluding tert-OH is 11. The molecule has 0 spiro atoms. The monoisotopic (exact) mass is 1310 g/mol. The van der Waals surface area contributed by atoms with Crippen molar-refractivity contribution in [2.24, 2.45) is 0 Å². The van der Waals surface area contributed by atoms with Crippen molar-refractivity contribution in [1.82, 2.24) is 5.32 Å². The summed E-state index contributed by atoms with van der Waals surface area (Å²) >= 11 is 0. The van der Waals surface area contributed by atoms with Crippen LogP contribution in [0.5, 0.6) is 0 Å². The largest absolute Gasteiger partial charge is 0.394 e. The summed E-state index contributed by atoms with van der Waals surface area (Å²) < 4.78 is 34.3. The van der Waals surface area contributed by atoms with Gasteiger partial charge in [0.25, 0.3) is 0 Å². The molecule has 17 unspecified atom stereocenters. The van der Waals surface area contributed by atoms with E-state index in [0.717, 1.165) is 77.0 Å². The fraction of sp³-hybridized carbons (Fsp3) is 0.822. The Hall–Kier alpha value is -2.77. The third-order valence-electron chi connectivity index (χ3n) is 17.7. The van der Waals surface area contributed by atoms with Crippen LogP contribution < -0.4 is 5.32 Å².